The smallest absolute Gasteiger partial charge is 0.416 e. The molecule has 0 radical (unpaired) electrons. The van der Waals surface area contributed by atoms with Gasteiger partial charge in [0.25, 0.3) is 5.91 Å². The molecule has 1 aromatic carbocycles. The number of benzene rings is 1. The van der Waals surface area contributed by atoms with E-state index in [1.54, 1.807) is 14.1 Å². The predicted octanol–water partition coefficient (Wildman–Crippen LogP) is 2.09. The van der Waals surface area contributed by atoms with E-state index >= 15 is 0 Å². The summed E-state index contributed by atoms with van der Waals surface area (Å²) in [5, 5.41) is 4.19. The van der Waals surface area contributed by atoms with Crippen molar-refractivity contribution in [3.05, 3.63) is 41.1 Å². The first-order valence-electron chi connectivity index (χ1n) is 6.92. The molecule has 0 aromatic heterocycles. The summed E-state index contributed by atoms with van der Waals surface area (Å²) in [6, 6.07) is 4.34. The molecule has 130 valence electrons. The Balaban J connectivity index is 2.14. The minimum absolute atomic E-state index is 0.00910. The first-order valence-corrected chi connectivity index (χ1v) is 6.92. The highest BCUT2D eigenvalue weighted by molar-refractivity contribution is 6.12. The maximum absolute atomic E-state index is 12.5. The van der Waals surface area contributed by atoms with Crippen LogP contribution in [0, 0.1) is 0 Å². The Morgan fingerprint density at radius 1 is 1.25 bits per heavy atom. The number of carbonyl (C=O) groups is 1. The number of likely N-dealkylation sites (N-methyl/N-ethyl adjacent to an activating group) is 1. The number of hydrogen-bond acceptors (Lipinski definition) is 4. The van der Waals surface area contributed by atoms with E-state index in [4.69, 9.17) is 4.74 Å². The number of rotatable bonds is 5. The molecule has 0 unspecified atom stereocenters. The summed E-state index contributed by atoms with van der Waals surface area (Å²) in [6.45, 7) is -0.00910. The fraction of sp³-hybridized carbons (Fsp3) is 0.333. The molecule has 0 atom stereocenters. The van der Waals surface area contributed by atoms with Crippen LogP contribution >= 0.6 is 0 Å². The molecule has 0 spiro atoms. The normalized spacial score (nSPS) is 16.4. The zero-order chi connectivity index (χ0) is 18.0. The molecule has 2 rings (SSSR count). The van der Waals surface area contributed by atoms with E-state index in [9.17, 15) is 18.0 Å². The van der Waals surface area contributed by atoms with Gasteiger partial charge >= 0.3 is 6.18 Å². The number of hydrogen-bond donors (Lipinski definition) is 1. The number of quaternary nitrogens is 1. The van der Waals surface area contributed by atoms with Crippen LogP contribution in [0.1, 0.15) is 5.56 Å². The van der Waals surface area contributed by atoms with Crippen LogP contribution in [0.3, 0.4) is 0 Å². The molecule has 0 fully saturated rings. The largest absolute Gasteiger partial charge is 0.483 e. The van der Waals surface area contributed by atoms with Crippen LogP contribution in [0.5, 0.6) is 5.75 Å². The highest BCUT2D eigenvalue weighted by atomic mass is 19.4. The van der Waals surface area contributed by atoms with Gasteiger partial charge in [-0.05, 0) is 24.3 Å². The van der Waals surface area contributed by atoms with Crippen LogP contribution in [-0.2, 0) is 15.8 Å². The van der Waals surface area contributed by atoms with Crippen molar-refractivity contribution in [2.45, 2.75) is 6.18 Å². The van der Waals surface area contributed by atoms with E-state index in [0.29, 0.717) is 5.70 Å². The van der Waals surface area contributed by atoms with Gasteiger partial charge in [0, 0.05) is 0 Å². The number of nitrogens with zero attached hydrogens (tertiary/aromatic N) is 2. The Morgan fingerprint density at radius 3 is 2.42 bits per heavy atom. The lowest BCUT2D eigenvalue weighted by molar-refractivity contribution is -0.857. The summed E-state index contributed by atoms with van der Waals surface area (Å²) in [5.74, 6) is -0.218. The van der Waals surface area contributed by atoms with Crippen LogP contribution in [0.15, 0.2) is 40.6 Å². The Morgan fingerprint density at radius 2 is 1.88 bits per heavy atom. The Labute approximate surface area is 136 Å². The van der Waals surface area contributed by atoms with Gasteiger partial charge in [-0.2, -0.15) is 17.8 Å². The maximum Gasteiger partial charge on any atom is 0.416 e. The summed E-state index contributed by atoms with van der Waals surface area (Å²) < 4.78 is 43.2. The standard InChI is InChI=1S/C15H16F3N3O3/c1-21(2)13(12(8-19-21)14(22)20-23-3)9-24-11-6-4-10(5-7-11)15(16,17)18/h4-8H,9H2,1-3H3/p+1. The second-order valence-electron chi connectivity index (χ2n) is 5.45. The molecule has 1 aromatic rings. The summed E-state index contributed by atoms with van der Waals surface area (Å²) in [6.07, 6.45) is -3.00. The summed E-state index contributed by atoms with van der Waals surface area (Å²) in [4.78, 5) is 16.5. The third-order valence-corrected chi connectivity index (χ3v) is 3.44. The van der Waals surface area contributed by atoms with Gasteiger partial charge in [-0.25, -0.2) is 5.48 Å². The minimum atomic E-state index is -4.40. The van der Waals surface area contributed by atoms with E-state index in [2.05, 4.69) is 15.4 Å². The number of hydroxylamine groups is 1. The summed E-state index contributed by atoms with van der Waals surface area (Å²) in [5.41, 5.74) is 2.28. The van der Waals surface area contributed by atoms with Gasteiger partial charge in [-0.15, -0.1) is 0 Å². The Kier molecular flexibility index (Phi) is 4.95. The molecular formula is C15H17F3N3O3+. The van der Waals surface area contributed by atoms with E-state index in [1.807, 2.05) is 0 Å². The second-order valence-corrected chi connectivity index (χ2v) is 5.45. The van der Waals surface area contributed by atoms with Crippen LogP contribution in [0.2, 0.25) is 0 Å². The van der Waals surface area contributed by atoms with Crippen molar-refractivity contribution >= 4 is 12.1 Å². The number of halogens is 3. The van der Waals surface area contributed by atoms with E-state index < -0.39 is 17.6 Å². The lowest BCUT2D eigenvalue weighted by Crippen LogP contribution is -2.35. The van der Waals surface area contributed by atoms with Gasteiger partial charge in [0.2, 0.25) is 0 Å². The average molecular weight is 344 g/mol. The maximum atomic E-state index is 12.5. The number of ether oxygens (including phenoxy) is 1. The molecule has 0 aliphatic carbocycles. The van der Waals surface area contributed by atoms with Gasteiger partial charge in [0.1, 0.15) is 17.5 Å². The van der Waals surface area contributed by atoms with Crippen LogP contribution in [0.4, 0.5) is 13.2 Å². The lowest BCUT2D eigenvalue weighted by Gasteiger charge is -2.21. The Bertz CT molecular complexity index is 679. The third kappa shape index (κ3) is 3.92. The van der Waals surface area contributed by atoms with Crippen LogP contribution < -0.4 is 10.2 Å². The lowest BCUT2D eigenvalue weighted by atomic mass is 10.2. The topological polar surface area (TPSA) is 59.9 Å². The summed E-state index contributed by atoms with van der Waals surface area (Å²) in [7, 11) is 4.80. The van der Waals surface area contributed by atoms with Gasteiger partial charge < -0.3 is 4.74 Å². The molecule has 1 heterocycles. The first kappa shape index (κ1) is 18.0. The van der Waals surface area contributed by atoms with Crippen molar-refractivity contribution in [3.8, 4) is 5.75 Å². The van der Waals surface area contributed by atoms with Crippen molar-refractivity contribution in [1.82, 2.24) is 5.48 Å². The molecule has 1 aliphatic heterocycles. The van der Waals surface area contributed by atoms with Gasteiger partial charge in [0.15, 0.2) is 12.3 Å². The van der Waals surface area contributed by atoms with Crippen molar-refractivity contribution in [2.24, 2.45) is 5.10 Å². The molecule has 0 saturated carbocycles. The van der Waals surface area contributed by atoms with E-state index in [-0.39, 0.29) is 22.5 Å². The molecule has 9 heteroatoms. The zero-order valence-electron chi connectivity index (χ0n) is 13.3. The number of carbonyl (C=O) groups excluding carboxylic acids is 1. The van der Waals surface area contributed by atoms with E-state index in [1.165, 1.54) is 25.5 Å². The molecule has 0 bridgehead atoms. The van der Waals surface area contributed by atoms with Gasteiger partial charge in [-0.1, -0.05) is 5.10 Å². The zero-order valence-corrected chi connectivity index (χ0v) is 13.3. The summed E-state index contributed by atoms with van der Waals surface area (Å²) >= 11 is 0. The molecular weight excluding hydrogens is 327 g/mol. The minimum Gasteiger partial charge on any atom is -0.483 e. The fourth-order valence-electron chi connectivity index (χ4n) is 2.11. The van der Waals surface area contributed by atoms with Crippen molar-refractivity contribution in [2.75, 3.05) is 27.8 Å². The predicted molar refractivity (Wildman–Crippen MR) is 79.7 cm³/mol. The monoisotopic (exact) mass is 344 g/mol. The molecule has 1 aliphatic rings. The molecule has 1 N–H and O–H groups in total. The van der Waals surface area contributed by atoms with Crippen molar-refractivity contribution in [1.29, 1.82) is 0 Å². The quantitative estimate of drug-likeness (QED) is 0.657. The molecule has 1 amide bonds. The Hall–Kier alpha value is -2.39. The van der Waals surface area contributed by atoms with Crippen LogP contribution in [0.25, 0.3) is 0 Å². The van der Waals surface area contributed by atoms with Crippen LogP contribution in [-0.4, -0.2) is 44.5 Å². The molecule has 24 heavy (non-hydrogen) atoms. The first-order chi connectivity index (χ1) is 11.1. The van der Waals surface area contributed by atoms with Gasteiger partial charge in [-0.3, -0.25) is 9.63 Å². The number of nitrogens with one attached hydrogen (secondary N) is 1. The van der Waals surface area contributed by atoms with Gasteiger partial charge in [0.05, 0.1) is 26.8 Å². The SMILES string of the molecule is CONC(=O)C1=C(COc2ccc(C(F)(F)F)cc2)[N+](C)(C)N=C1. The van der Waals surface area contributed by atoms with E-state index in [0.717, 1.165) is 12.1 Å². The molecule has 0 saturated heterocycles. The second kappa shape index (κ2) is 6.62. The highest BCUT2D eigenvalue weighted by Crippen LogP contribution is 2.30. The number of amides is 1. The fourth-order valence-corrected chi connectivity index (χ4v) is 2.11. The van der Waals surface area contributed by atoms with Crippen molar-refractivity contribution < 1.29 is 32.1 Å². The van der Waals surface area contributed by atoms with Crippen molar-refractivity contribution in [3.63, 3.8) is 0 Å². The average Bonchev–Trinajstić information content (AvgIpc) is 2.80. The molecule has 6 nitrogen and oxygen atoms in total. The third-order valence-electron chi connectivity index (χ3n) is 3.44. The highest BCUT2D eigenvalue weighted by Gasteiger charge is 2.35. The number of alkyl halides is 3.